The number of methoxy groups -OCH3 is 1. The smallest absolute Gasteiger partial charge is 0.254 e. The third-order valence-corrected chi connectivity index (χ3v) is 8.83. The first-order chi connectivity index (χ1) is 20.1. The van der Waals surface area contributed by atoms with Crippen molar-refractivity contribution in [3.8, 4) is 11.5 Å². The molecule has 1 heterocycles. The Balaban J connectivity index is 0.00000506. The number of nitrogen functional groups attached to an aromatic ring is 1. The second-order valence-electron chi connectivity index (χ2n) is 9.74. The van der Waals surface area contributed by atoms with Crippen molar-refractivity contribution in [3.05, 3.63) is 89.2 Å². The first-order valence-electron chi connectivity index (χ1n) is 13.6. The number of halogens is 2. The maximum absolute atomic E-state index is 15.8. The highest BCUT2D eigenvalue weighted by Gasteiger charge is 2.32. The van der Waals surface area contributed by atoms with E-state index in [1.54, 1.807) is 61.5 Å². The molecule has 13 heteroatoms. The van der Waals surface area contributed by atoms with E-state index in [0.29, 0.717) is 30.8 Å². The summed E-state index contributed by atoms with van der Waals surface area (Å²) < 4.78 is 60.2. The Labute approximate surface area is 257 Å². The van der Waals surface area contributed by atoms with Crippen LogP contribution in [0.4, 0.5) is 4.39 Å². The minimum absolute atomic E-state index is 0. The molecule has 0 radical (unpaired) electrons. The fourth-order valence-electron chi connectivity index (χ4n) is 4.69. The number of nitrogens with zero attached hydrogens (tertiary/aromatic N) is 1. The van der Waals surface area contributed by atoms with E-state index in [-0.39, 0.29) is 54.1 Å². The molecule has 1 amide bonds. The number of carbonyl (C=O) groups excluding carboxylic acids is 1. The summed E-state index contributed by atoms with van der Waals surface area (Å²) in [5.74, 6) is -1.18. The molecule has 4 rings (SSSR count). The van der Waals surface area contributed by atoms with E-state index in [1.165, 1.54) is 23.5 Å². The fraction of sp³-hybridized carbons (Fsp3) is 0.333. The summed E-state index contributed by atoms with van der Waals surface area (Å²) in [5, 5.41) is 10.2. The highest BCUT2D eigenvalue weighted by molar-refractivity contribution is 7.89. The van der Waals surface area contributed by atoms with Crippen LogP contribution in [-0.2, 0) is 26.1 Å². The lowest BCUT2D eigenvalue weighted by Crippen LogP contribution is -2.41. The zero-order valence-electron chi connectivity index (χ0n) is 23.9. The molecule has 0 saturated carbocycles. The van der Waals surface area contributed by atoms with Crippen LogP contribution in [-0.4, -0.2) is 57.4 Å². The number of amidine groups is 1. The van der Waals surface area contributed by atoms with Crippen LogP contribution in [0.5, 0.6) is 11.5 Å². The number of hydrogen-bond donors (Lipinski definition) is 3. The van der Waals surface area contributed by atoms with Gasteiger partial charge < -0.3 is 25.3 Å². The highest BCUT2D eigenvalue weighted by Crippen LogP contribution is 2.34. The average Bonchev–Trinajstić information content (AvgIpc) is 2.99. The summed E-state index contributed by atoms with van der Waals surface area (Å²) in [4.78, 5) is 13.3. The molecule has 232 valence electrons. The highest BCUT2D eigenvalue weighted by atomic mass is 35.5. The third kappa shape index (κ3) is 8.23. The molecule has 1 atom stereocenters. The van der Waals surface area contributed by atoms with Crippen molar-refractivity contribution in [2.24, 2.45) is 5.73 Å². The van der Waals surface area contributed by atoms with Gasteiger partial charge >= 0.3 is 0 Å². The molecule has 1 aliphatic heterocycles. The van der Waals surface area contributed by atoms with Crippen molar-refractivity contribution < 1.29 is 31.8 Å². The van der Waals surface area contributed by atoms with Crippen molar-refractivity contribution in [2.45, 2.75) is 43.4 Å². The Hall–Kier alpha value is -3.71. The van der Waals surface area contributed by atoms with E-state index in [1.807, 2.05) is 0 Å². The molecule has 10 nitrogen and oxygen atoms in total. The van der Waals surface area contributed by atoms with Crippen LogP contribution in [0, 0.1) is 11.2 Å². The molecular formula is C30H36ClFN4O6S. The molecule has 3 aromatic rings. The Morgan fingerprint density at radius 3 is 2.35 bits per heavy atom. The molecule has 1 aliphatic rings. The topological polar surface area (TPSA) is 144 Å². The maximum atomic E-state index is 15.8. The largest absolute Gasteiger partial charge is 0.494 e. The molecule has 0 bridgehead atoms. The van der Waals surface area contributed by atoms with Crippen LogP contribution in [0.3, 0.4) is 0 Å². The molecule has 0 spiro atoms. The van der Waals surface area contributed by atoms with Gasteiger partial charge in [-0.15, -0.1) is 12.4 Å². The number of nitrogens with one attached hydrogen (secondary N) is 2. The lowest BCUT2D eigenvalue weighted by molar-refractivity contribution is -0.131. The van der Waals surface area contributed by atoms with Crippen LogP contribution < -0.4 is 20.5 Å². The summed E-state index contributed by atoms with van der Waals surface area (Å²) in [6.07, 6.45) is -1.02. The minimum atomic E-state index is -3.64. The van der Waals surface area contributed by atoms with Crippen molar-refractivity contribution in [2.75, 3.05) is 26.8 Å². The summed E-state index contributed by atoms with van der Waals surface area (Å²) in [5.41, 5.74) is 6.76. The first-order valence-corrected chi connectivity index (χ1v) is 15.0. The summed E-state index contributed by atoms with van der Waals surface area (Å²) in [6.45, 7) is 2.68. The Bertz CT molecular complexity index is 1500. The number of amides is 1. The predicted octanol–water partition coefficient (Wildman–Crippen LogP) is 4.17. The van der Waals surface area contributed by atoms with E-state index in [0.717, 1.165) is 5.56 Å². The molecule has 0 aliphatic carbocycles. The van der Waals surface area contributed by atoms with Crippen molar-refractivity contribution >= 4 is 34.2 Å². The standard InChI is InChI=1S/C30H35FN4O6S.ClH/c1-3-40-23-17-25(28(39-2)30(36)34-19-20-9-11-21(12-10-20)29(32)33)27(31)26(18-23)41-22-13-15-35(16-14-22)42(37,38)24-7-5-4-6-8-24;/h4-12,17-18,22,28H,3,13-16,19H2,1-2H3,(H3,32,33)(H,34,36);1H. The van der Waals surface area contributed by atoms with Gasteiger partial charge in [0.1, 0.15) is 17.7 Å². The number of carbonyl (C=O) groups is 1. The zero-order valence-corrected chi connectivity index (χ0v) is 25.5. The van der Waals surface area contributed by atoms with E-state index >= 15 is 4.39 Å². The van der Waals surface area contributed by atoms with Gasteiger partial charge in [0.05, 0.1) is 11.5 Å². The number of nitrogens with two attached hydrogens (primary N) is 1. The Morgan fingerprint density at radius 1 is 1.12 bits per heavy atom. The van der Waals surface area contributed by atoms with E-state index in [9.17, 15) is 13.2 Å². The van der Waals surface area contributed by atoms with Crippen molar-refractivity contribution in [1.29, 1.82) is 5.41 Å². The van der Waals surface area contributed by atoms with Gasteiger partial charge in [0.15, 0.2) is 17.7 Å². The van der Waals surface area contributed by atoms with Gasteiger partial charge in [0.2, 0.25) is 10.0 Å². The van der Waals surface area contributed by atoms with Gasteiger partial charge in [-0.3, -0.25) is 10.2 Å². The predicted molar refractivity (Wildman–Crippen MR) is 163 cm³/mol. The second-order valence-corrected chi connectivity index (χ2v) is 11.7. The second kappa shape index (κ2) is 15.1. The molecule has 1 saturated heterocycles. The number of rotatable bonds is 12. The van der Waals surface area contributed by atoms with E-state index in [4.69, 9.17) is 25.4 Å². The number of sulfonamides is 1. The zero-order chi connectivity index (χ0) is 30.3. The minimum Gasteiger partial charge on any atom is -0.494 e. The summed E-state index contributed by atoms with van der Waals surface area (Å²) in [6, 6.07) is 17.9. The Kier molecular flexibility index (Phi) is 11.9. The van der Waals surface area contributed by atoms with Crippen LogP contribution in [0.2, 0.25) is 0 Å². The normalized spacial score (nSPS) is 14.8. The lowest BCUT2D eigenvalue weighted by Gasteiger charge is -2.31. The van der Waals surface area contributed by atoms with Gasteiger partial charge in [-0.1, -0.05) is 42.5 Å². The monoisotopic (exact) mass is 634 g/mol. The summed E-state index contributed by atoms with van der Waals surface area (Å²) >= 11 is 0. The van der Waals surface area contributed by atoms with Gasteiger partial charge in [-0.25, -0.2) is 12.8 Å². The quantitative estimate of drug-likeness (QED) is 0.200. The molecule has 4 N–H and O–H groups in total. The van der Waals surface area contributed by atoms with Gasteiger partial charge in [-0.2, -0.15) is 4.31 Å². The molecule has 43 heavy (non-hydrogen) atoms. The van der Waals surface area contributed by atoms with Crippen LogP contribution in [0.25, 0.3) is 0 Å². The average molecular weight is 635 g/mol. The molecule has 0 aromatic heterocycles. The van der Waals surface area contributed by atoms with E-state index < -0.39 is 34.0 Å². The molecular weight excluding hydrogens is 599 g/mol. The maximum Gasteiger partial charge on any atom is 0.254 e. The third-order valence-electron chi connectivity index (χ3n) is 6.92. The van der Waals surface area contributed by atoms with Gasteiger partial charge in [0.25, 0.3) is 5.91 Å². The van der Waals surface area contributed by atoms with Crippen LogP contribution >= 0.6 is 12.4 Å². The number of piperidine rings is 1. The molecule has 1 fully saturated rings. The summed E-state index contributed by atoms with van der Waals surface area (Å²) in [7, 11) is -2.33. The van der Waals surface area contributed by atoms with Crippen molar-refractivity contribution in [3.63, 3.8) is 0 Å². The first kappa shape index (κ1) is 33.8. The Morgan fingerprint density at radius 2 is 1.77 bits per heavy atom. The van der Waals surface area contributed by atoms with Crippen LogP contribution in [0.15, 0.2) is 71.6 Å². The fourth-order valence-corrected chi connectivity index (χ4v) is 6.18. The van der Waals surface area contributed by atoms with Gasteiger partial charge in [0, 0.05) is 43.9 Å². The number of ether oxygens (including phenoxy) is 3. The van der Waals surface area contributed by atoms with E-state index in [2.05, 4.69) is 5.32 Å². The molecule has 1 unspecified atom stereocenters. The number of hydrogen-bond acceptors (Lipinski definition) is 7. The molecule has 3 aromatic carbocycles. The lowest BCUT2D eigenvalue weighted by atomic mass is 10.1. The van der Waals surface area contributed by atoms with Crippen molar-refractivity contribution in [1.82, 2.24) is 9.62 Å². The SMILES string of the molecule is CCOc1cc(OC2CCN(S(=O)(=O)c3ccccc3)CC2)c(F)c(C(OC)C(=O)NCc2ccc(C(=N)N)cc2)c1.Cl. The number of benzene rings is 3. The van der Waals surface area contributed by atoms with Crippen LogP contribution in [0.1, 0.15) is 42.6 Å². The van der Waals surface area contributed by atoms with Gasteiger partial charge in [-0.05, 0) is 43.5 Å².